The minimum Gasteiger partial charge on any atom is -0.348 e. The summed E-state index contributed by atoms with van der Waals surface area (Å²) in [4.78, 5) is 33.8. The zero-order valence-corrected chi connectivity index (χ0v) is 13.0. The molecule has 1 aromatic heterocycles. The molecular formula is C17H17FN4O2. The Morgan fingerprint density at radius 1 is 1.17 bits per heavy atom. The molecule has 0 bridgehead atoms. The van der Waals surface area contributed by atoms with Crippen molar-refractivity contribution in [1.82, 2.24) is 20.2 Å². The smallest absolute Gasteiger partial charge is 0.271 e. The van der Waals surface area contributed by atoms with Crippen LogP contribution in [0, 0.1) is 5.82 Å². The normalized spacial score (nSPS) is 15.1. The standard InChI is InChI=1S/C17H17FN4O2/c18-14-4-2-1-3-13(14)17(24)22-9-5-12(6-10-22)21-16(23)15-11-19-7-8-20-15/h1-4,7-8,11-12H,5-6,9-10H2,(H,21,23). The number of halogens is 1. The number of carbonyl (C=O) groups is 2. The fourth-order valence-corrected chi connectivity index (χ4v) is 2.71. The van der Waals surface area contributed by atoms with Crippen LogP contribution in [0.15, 0.2) is 42.9 Å². The van der Waals surface area contributed by atoms with Crippen molar-refractivity contribution in [3.8, 4) is 0 Å². The molecule has 2 aromatic rings. The lowest BCUT2D eigenvalue weighted by Gasteiger charge is -2.32. The van der Waals surface area contributed by atoms with E-state index in [9.17, 15) is 14.0 Å². The highest BCUT2D eigenvalue weighted by atomic mass is 19.1. The Labute approximate surface area is 138 Å². The van der Waals surface area contributed by atoms with Crippen LogP contribution in [0.5, 0.6) is 0 Å². The molecule has 3 rings (SSSR count). The molecule has 7 heteroatoms. The molecule has 1 N–H and O–H groups in total. The van der Waals surface area contributed by atoms with Gasteiger partial charge in [-0.1, -0.05) is 12.1 Å². The molecular weight excluding hydrogens is 311 g/mol. The summed E-state index contributed by atoms with van der Waals surface area (Å²) in [6.45, 7) is 0.942. The molecule has 6 nitrogen and oxygen atoms in total. The van der Waals surface area contributed by atoms with Gasteiger partial charge < -0.3 is 10.2 Å². The molecule has 2 amide bonds. The first-order valence-corrected chi connectivity index (χ1v) is 7.76. The van der Waals surface area contributed by atoms with Crippen LogP contribution in [0.2, 0.25) is 0 Å². The highest BCUT2D eigenvalue weighted by Crippen LogP contribution is 2.16. The first-order chi connectivity index (χ1) is 11.6. The van der Waals surface area contributed by atoms with Crippen LogP contribution < -0.4 is 5.32 Å². The first kappa shape index (κ1) is 16.0. The van der Waals surface area contributed by atoms with Crippen LogP contribution in [0.1, 0.15) is 33.7 Å². The van der Waals surface area contributed by atoms with Crippen molar-refractivity contribution >= 4 is 11.8 Å². The molecule has 0 saturated carbocycles. The maximum Gasteiger partial charge on any atom is 0.271 e. The van der Waals surface area contributed by atoms with E-state index in [0.29, 0.717) is 25.9 Å². The monoisotopic (exact) mass is 328 g/mol. The maximum absolute atomic E-state index is 13.7. The fraction of sp³-hybridized carbons (Fsp3) is 0.294. The van der Waals surface area contributed by atoms with Gasteiger partial charge in [0.05, 0.1) is 11.8 Å². The number of nitrogens with zero attached hydrogens (tertiary/aromatic N) is 3. The highest BCUT2D eigenvalue weighted by molar-refractivity contribution is 5.94. The summed E-state index contributed by atoms with van der Waals surface area (Å²) in [5, 5.41) is 2.89. The lowest BCUT2D eigenvalue weighted by Crippen LogP contribution is -2.46. The minimum atomic E-state index is -0.513. The molecule has 1 aromatic carbocycles. The van der Waals surface area contributed by atoms with E-state index in [2.05, 4.69) is 15.3 Å². The van der Waals surface area contributed by atoms with Gasteiger partial charge in [-0.05, 0) is 25.0 Å². The Balaban J connectivity index is 1.55. The van der Waals surface area contributed by atoms with Gasteiger partial charge >= 0.3 is 0 Å². The lowest BCUT2D eigenvalue weighted by molar-refractivity contribution is 0.0693. The van der Waals surface area contributed by atoms with E-state index in [-0.39, 0.29) is 29.1 Å². The summed E-state index contributed by atoms with van der Waals surface area (Å²) >= 11 is 0. The van der Waals surface area contributed by atoms with Crippen molar-refractivity contribution in [2.24, 2.45) is 0 Å². The largest absolute Gasteiger partial charge is 0.348 e. The Kier molecular flexibility index (Phi) is 4.79. The van der Waals surface area contributed by atoms with Crippen LogP contribution in [-0.2, 0) is 0 Å². The fourth-order valence-electron chi connectivity index (χ4n) is 2.71. The predicted octanol–water partition coefficient (Wildman–Crippen LogP) is 1.65. The van der Waals surface area contributed by atoms with Gasteiger partial charge in [0.25, 0.3) is 11.8 Å². The number of likely N-dealkylation sites (tertiary alicyclic amines) is 1. The third-order valence-corrected chi connectivity index (χ3v) is 4.02. The molecule has 0 radical (unpaired) electrons. The number of hydrogen-bond donors (Lipinski definition) is 1. The van der Waals surface area contributed by atoms with Crippen LogP contribution in [0.3, 0.4) is 0 Å². The Morgan fingerprint density at radius 3 is 2.58 bits per heavy atom. The Morgan fingerprint density at radius 2 is 1.92 bits per heavy atom. The molecule has 0 atom stereocenters. The first-order valence-electron chi connectivity index (χ1n) is 7.76. The van der Waals surface area contributed by atoms with Gasteiger partial charge in [0.1, 0.15) is 11.5 Å². The van der Waals surface area contributed by atoms with Gasteiger partial charge in [0, 0.05) is 31.5 Å². The van der Waals surface area contributed by atoms with Gasteiger partial charge in [-0.3, -0.25) is 14.6 Å². The van der Waals surface area contributed by atoms with E-state index in [1.807, 2.05) is 0 Å². The highest BCUT2D eigenvalue weighted by Gasteiger charge is 2.26. The quantitative estimate of drug-likeness (QED) is 0.930. The second-order valence-corrected chi connectivity index (χ2v) is 5.61. The van der Waals surface area contributed by atoms with Crippen LogP contribution in [0.4, 0.5) is 4.39 Å². The Hall–Kier alpha value is -2.83. The molecule has 24 heavy (non-hydrogen) atoms. The molecule has 1 aliphatic heterocycles. The van der Waals surface area contributed by atoms with Crippen LogP contribution >= 0.6 is 0 Å². The average Bonchev–Trinajstić information content (AvgIpc) is 2.63. The summed E-state index contributed by atoms with van der Waals surface area (Å²) in [6, 6.07) is 5.93. The van der Waals surface area contributed by atoms with Crippen molar-refractivity contribution in [1.29, 1.82) is 0 Å². The van der Waals surface area contributed by atoms with Crippen molar-refractivity contribution in [3.63, 3.8) is 0 Å². The summed E-state index contributed by atoms with van der Waals surface area (Å²) < 4.78 is 13.7. The van der Waals surface area contributed by atoms with Crippen LogP contribution in [-0.4, -0.2) is 45.8 Å². The Bertz CT molecular complexity index is 730. The molecule has 0 spiro atoms. The second kappa shape index (κ2) is 7.16. The van der Waals surface area contributed by atoms with Crippen LogP contribution in [0.25, 0.3) is 0 Å². The van der Waals surface area contributed by atoms with Gasteiger partial charge in [-0.15, -0.1) is 0 Å². The van der Waals surface area contributed by atoms with Crippen molar-refractivity contribution in [3.05, 3.63) is 59.9 Å². The maximum atomic E-state index is 13.7. The zero-order chi connectivity index (χ0) is 16.9. The second-order valence-electron chi connectivity index (χ2n) is 5.61. The third kappa shape index (κ3) is 3.56. The van der Waals surface area contributed by atoms with Gasteiger partial charge in [0.2, 0.25) is 0 Å². The van der Waals surface area contributed by atoms with E-state index in [1.165, 1.54) is 30.7 Å². The number of hydrogen-bond acceptors (Lipinski definition) is 4. The summed E-state index contributed by atoms with van der Waals surface area (Å²) in [7, 11) is 0. The summed E-state index contributed by atoms with van der Waals surface area (Å²) in [5.41, 5.74) is 0.349. The van der Waals surface area contributed by atoms with Gasteiger partial charge in [0.15, 0.2) is 0 Å². The number of nitrogens with one attached hydrogen (secondary N) is 1. The van der Waals surface area contributed by atoms with Crippen molar-refractivity contribution < 1.29 is 14.0 Å². The summed E-state index contributed by atoms with van der Waals surface area (Å²) in [6.07, 6.45) is 5.61. The van der Waals surface area contributed by atoms with E-state index in [1.54, 1.807) is 17.0 Å². The number of rotatable bonds is 3. The molecule has 2 heterocycles. The molecule has 0 unspecified atom stereocenters. The lowest BCUT2D eigenvalue weighted by atomic mass is 10.0. The van der Waals surface area contributed by atoms with E-state index in [4.69, 9.17) is 0 Å². The number of carbonyl (C=O) groups excluding carboxylic acids is 2. The average molecular weight is 328 g/mol. The summed E-state index contributed by atoms with van der Waals surface area (Å²) in [5.74, 6) is -1.10. The van der Waals surface area contributed by atoms with E-state index >= 15 is 0 Å². The molecule has 0 aliphatic carbocycles. The molecule has 1 aliphatic rings. The van der Waals surface area contributed by atoms with Gasteiger partial charge in [-0.2, -0.15) is 0 Å². The topological polar surface area (TPSA) is 75.2 Å². The van der Waals surface area contributed by atoms with Gasteiger partial charge in [-0.25, -0.2) is 9.37 Å². The number of benzene rings is 1. The zero-order valence-electron chi connectivity index (χ0n) is 13.0. The SMILES string of the molecule is O=C(NC1CCN(C(=O)c2ccccc2F)CC1)c1cnccn1. The van der Waals surface area contributed by atoms with Crippen molar-refractivity contribution in [2.75, 3.05) is 13.1 Å². The van der Waals surface area contributed by atoms with E-state index in [0.717, 1.165) is 0 Å². The minimum absolute atomic E-state index is 0.0378. The van der Waals surface area contributed by atoms with E-state index < -0.39 is 5.82 Å². The number of amides is 2. The number of piperidine rings is 1. The van der Waals surface area contributed by atoms with Crippen molar-refractivity contribution in [2.45, 2.75) is 18.9 Å². The number of aromatic nitrogens is 2. The third-order valence-electron chi connectivity index (χ3n) is 4.02. The molecule has 1 fully saturated rings. The molecule has 1 saturated heterocycles. The predicted molar refractivity (Wildman–Crippen MR) is 84.8 cm³/mol. The molecule has 124 valence electrons.